The van der Waals surface area contributed by atoms with Gasteiger partial charge in [0.25, 0.3) is 5.56 Å². The van der Waals surface area contributed by atoms with Crippen LogP contribution in [0.25, 0.3) is 22.0 Å². The molecular formula is C29H21N3O3. The average molecular weight is 460 g/mol. The standard InChI is InChI=1S/C29H21N3O3/c33-28-27(26(20-12-5-2-6-13-20)21-14-7-8-15-22(21)30-28)23-18-24(19-10-3-1-4-11-19)32(31-23)29(34)25-16-9-17-35-25/h1-17,24H,18H2,(H,30,33). The first-order chi connectivity index (χ1) is 17.2. The van der Waals surface area contributed by atoms with E-state index in [1.807, 2.05) is 84.9 Å². The van der Waals surface area contributed by atoms with Crippen molar-refractivity contribution in [3.8, 4) is 11.1 Å². The molecule has 0 bridgehead atoms. The van der Waals surface area contributed by atoms with Crippen LogP contribution in [-0.4, -0.2) is 21.6 Å². The van der Waals surface area contributed by atoms with E-state index in [0.29, 0.717) is 17.7 Å². The lowest BCUT2D eigenvalue weighted by atomic mass is 9.91. The van der Waals surface area contributed by atoms with Crippen molar-refractivity contribution in [1.29, 1.82) is 0 Å². The van der Waals surface area contributed by atoms with E-state index < -0.39 is 0 Å². The summed E-state index contributed by atoms with van der Waals surface area (Å²) >= 11 is 0. The molecule has 0 saturated heterocycles. The number of aromatic amines is 1. The van der Waals surface area contributed by atoms with Gasteiger partial charge in [-0.3, -0.25) is 9.59 Å². The molecule has 5 aromatic rings. The second-order valence-corrected chi connectivity index (χ2v) is 8.42. The number of nitrogens with zero attached hydrogens (tertiary/aromatic N) is 2. The zero-order chi connectivity index (χ0) is 23.8. The summed E-state index contributed by atoms with van der Waals surface area (Å²) in [6.07, 6.45) is 1.87. The molecule has 0 aliphatic carbocycles. The number of nitrogens with one attached hydrogen (secondary N) is 1. The molecule has 1 amide bonds. The van der Waals surface area contributed by atoms with Gasteiger partial charge in [0.2, 0.25) is 0 Å². The fraction of sp³-hybridized carbons (Fsp3) is 0.0690. The number of pyridine rings is 1. The van der Waals surface area contributed by atoms with Gasteiger partial charge >= 0.3 is 5.91 Å². The second kappa shape index (κ2) is 8.57. The fourth-order valence-corrected chi connectivity index (χ4v) is 4.72. The third-order valence-electron chi connectivity index (χ3n) is 6.31. The maximum Gasteiger partial charge on any atom is 0.310 e. The first-order valence-electron chi connectivity index (χ1n) is 11.4. The van der Waals surface area contributed by atoms with Crippen molar-refractivity contribution < 1.29 is 9.21 Å². The highest BCUT2D eigenvalue weighted by Gasteiger charge is 2.36. The number of fused-ring (bicyclic) bond motifs is 1. The predicted octanol–water partition coefficient (Wildman–Crippen LogP) is 5.78. The number of rotatable bonds is 4. The minimum absolute atomic E-state index is 0.201. The quantitative estimate of drug-likeness (QED) is 0.370. The Balaban J connectivity index is 1.57. The lowest BCUT2D eigenvalue weighted by molar-refractivity contribution is 0.0678. The highest BCUT2D eigenvalue weighted by Crippen LogP contribution is 2.37. The third kappa shape index (κ3) is 3.65. The molecule has 1 aliphatic rings. The second-order valence-electron chi connectivity index (χ2n) is 8.42. The summed E-state index contributed by atoms with van der Waals surface area (Å²) < 4.78 is 5.38. The largest absolute Gasteiger partial charge is 0.459 e. The van der Waals surface area contributed by atoms with Gasteiger partial charge in [0.05, 0.1) is 23.6 Å². The zero-order valence-corrected chi connectivity index (χ0v) is 18.7. The van der Waals surface area contributed by atoms with Gasteiger partial charge < -0.3 is 9.40 Å². The molecule has 1 N–H and O–H groups in total. The Hall–Kier alpha value is -4.71. The molecule has 0 fully saturated rings. The minimum Gasteiger partial charge on any atom is -0.459 e. The number of benzene rings is 3. The summed E-state index contributed by atoms with van der Waals surface area (Å²) in [4.78, 5) is 29.9. The Labute approximate surface area is 201 Å². The predicted molar refractivity (Wildman–Crippen MR) is 135 cm³/mol. The van der Waals surface area contributed by atoms with Crippen LogP contribution in [0.5, 0.6) is 0 Å². The van der Waals surface area contributed by atoms with Crippen LogP contribution in [-0.2, 0) is 0 Å². The van der Waals surface area contributed by atoms with E-state index >= 15 is 0 Å². The maximum atomic E-state index is 13.5. The average Bonchev–Trinajstić information content (AvgIpc) is 3.59. The third-order valence-corrected chi connectivity index (χ3v) is 6.31. The molecular weight excluding hydrogens is 438 g/mol. The molecule has 0 saturated carbocycles. The number of H-pyrrole nitrogens is 1. The van der Waals surface area contributed by atoms with Crippen molar-refractivity contribution in [2.45, 2.75) is 12.5 Å². The monoisotopic (exact) mass is 459 g/mol. The van der Waals surface area contributed by atoms with Gasteiger partial charge in [-0.15, -0.1) is 0 Å². The smallest absolute Gasteiger partial charge is 0.310 e. The molecule has 0 radical (unpaired) electrons. The topological polar surface area (TPSA) is 78.7 Å². The Kier molecular flexibility index (Phi) is 5.11. The number of carbonyl (C=O) groups excluding carboxylic acids is 1. The highest BCUT2D eigenvalue weighted by molar-refractivity contribution is 6.13. The molecule has 0 spiro atoms. The number of aromatic nitrogens is 1. The SMILES string of the molecule is O=C(c1ccco1)N1N=C(c2c(-c3ccccc3)c3ccccc3[nH]c2=O)CC1c1ccccc1. The molecule has 170 valence electrons. The van der Waals surface area contributed by atoms with Crippen molar-refractivity contribution in [3.63, 3.8) is 0 Å². The van der Waals surface area contributed by atoms with Crippen molar-refractivity contribution in [3.05, 3.63) is 131 Å². The molecule has 3 heterocycles. The molecule has 6 nitrogen and oxygen atoms in total. The Bertz CT molecular complexity index is 1600. The maximum absolute atomic E-state index is 13.5. The molecule has 3 aromatic carbocycles. The molecule has 1 atom stereocenters. The minimum atomic E-state index is -0.363. The van der Waals surface area contributed by atoms with Crippen molar-refractivity contribution >= 4 is 22.5 Å². The van der Waals surface area contributed by atoms with E-state index in [2.05, 4.69) is 4.98 Å². The molecule has 2 aromatic heterocycles. The fourth-order valence-electron chi connectivity index (χ4n) is 4.72. The summed E-state index contributed by atoms with van der Waals surface area (Å²) in [5.74, 6) is -0.149. The first kappa shape index (κ1) is 20.9. The number of para-hydroxylation sites is 1. The zero-order valence-electron chi connectivity index (χ0n) is 18.7. The summed E-state index contributed by atoms with van der Waals surface area (Å²) in [5, 5.41) is 7.10. The van der Waals surface area contributed by atoms with Crippen LogP contribution in [0, 0.1) is 0 Å². The summed E-state index contributed by atoms with van der Waals surface area (Å²) in [5.41, 5.74) is 4.21. The number of hydrogen-bond donors (Lipinski definition) is 1. The van der Waals surface area contributed by atoms with E-state index in [1.54, 1.807) is 12.1 Å². The number of hydrogen-bond acceptors (Lipinski definition) is 4. The lowest BCUT2D eigenvalue weighted by Gasteiger charge is -2.21. The van der Waals surface area contributed by atoms with Crippen molar-refractivity contribution in [1.82, 2.24) is 9.99 Å². The lowest BCUT2D eigenvalue weighted by Crippen LogP contribution is -2.26. The van der Waals surface area contributed by atoms with Gasteiger partial charge in [0.15, 0.2) is 5.76 Å². The molecule has 1 unspecified atom stereocenters. The summed E-state index contributed by atoms with van der Waals surface area (Å²) in [7, 11) is 0. The normalized spacial score (nSPS) is 15.4. The van der Waals surface area contributed by atoms with Crippen LogP contribution < -0.4 is 5.56 Å². The van der Waals surface area contributed by atoms with Crippen LogP contribution in [0.1, 0.15) is 34.1 Å². The summed E-state index contributed by atoms with van der Waals surface area (Å²) in [6.45, 7) is 0. The van der Waals surface area contributed by atoms with E-state index in [1.165, 1.54) is 11.3 Å². The van der Waals surface area contributed by atoms with Gasteiger partial charge in [-0.2, -0.15) is 5.10 Å². The molecule has 1 aliphatic heterocycles. The van der Waals surface area contributed by atoms with Gasteiger partial charge in [0.1, 0.15) is 0 Å². The first-order valence-corrected chi connectivity index (χ1v) is 11.4. The summed E-state index contributed by atoms with van der Waals surface area (Å²) in [6, 6.07) is 30.2. The van der Waals surface area contributed by atoms with Gasteiger partial charge in [-0.25, -0.2) is 5.01 Å². The molecule has 6 heteroatoms. The number of amides is 1. The Morgan fingerprint density at radius 2 is 1.57 bits per heavy atom. The van der Waals surface area contributed by atoms with Gasteiger partial charge in [0, 0.05) is 22.9 Å². The van der Waals surface area contributed by atoms with E-state index in [-0.39, 0.29) is 23.3 Å². The van der Waals surface area contributed by atoms with Gasteiger partial charge in [-0.05, 0) is 29.3 Å². The van der Waals surface area contributed by atoms with E-state index in [4.69, 9.17) is 9.52 Å². The highest BCUT2D eigenvalue weighted by atomic mass is 16.3. The van der Waals surface area contributed by atoms with E-state index in [9.17, 15) is 9.59 Å². The molecule has 35 heavy (non-hydrogen) atoms. The van der Waals surface area contributed by atoms with Crippen LogP contribution >= 0.6 is 0 Å². The van der Waals surface area contributed by atoms with Crippen LogP contribution in [0.2, 0.25) is 0 Å². The van der Waals surface area contributed by atoms with Crippen LogP contribution in [0.4, 0.5) is 0 Å². The van der Waals surface area contributed by atoms with Crippen molar-refractivity contribution in [2.24, 2.45) is 5.10 Å². The Morgan fingerprint density at radius 1 is 0.857 bits per heavy atom. The van der Waals surface area contributed by atoms with Crippen LogP contribution in [0.3, 0.4) is 0 Å². The number of hydrazone groups is 1. The number of furan rings is 1. The number of carbonyl (C=O) groups is 1. The van der Waals surface area contributed by atoms with Gasteiger partial charge in [-0.1, -0.05) is 78.9 Å². The molecule has 6 rings (SSSR count). The Morgan fingerprint density at radius 3 is 2.31 bits per heavy atom. The van der Waals surface area contributed by atoms with Crippen LogP contribution in [0.15, 0.2) is 118 Å². The van der Waals surface area contributed by atoms with E-state index in [0.717, 1.165) is 27.6 Å². The van der Waals surface area contributed by atoms with Crippen molar-refractivity contribution in [2.75, 3.05) is 0 Å².